The first kappa shape index (κ1) is 21.1. The molecule has 2 aromatic carbocycles. The van der Waals surface area contributed by atoms with Crippen LogP contribution >= 0.6 is 0 Å². The monoisotopic (exact) mass is 435 g/mol. The highest BCUT2D eigenvalue weighted by Gasteiger charge is 2.42. The number of benzene rings is 2. The normalized spacial score (nSPS) is 27.6. The van der Waals surface area contributed by atoms with E-state index in [2.05, 4.69) is 4.74 Å². The molecule has 0 saturated carbocycles. The predicted octanol–water partition coefficient (Wildman–Crippen LogP) is 0.605. The zero-order valence-electron chi connectivity index (χ0n) is 16.4. The minimum Gasteiger partial charge on any atom is -0.571 e. The van der Waals surface area contributed by atoms with Crippen LogP contribution in [0.2, 0.25) is 0 Å². The van der Waals surface area contributed by atoms with E-state index in [0.717, 1.165) is 6.07 Å². The number of phenolic OH excluding ortho intramolecular Hbond substituents is 3. The Labute approximate surface area is 176 Å². The fraction of sp³-hybridized carbons (Fsp3) is 0.333. The van der Waals surface area contributed by atoms with E-state index in [-0.39, 0.29) is 40.9 Å². The highest BCUT2D eigenvalue weighted by atomic mass is 16.7. The molecule has 0 radical (unpaired) electrons. The average molecular weight is 435 g/mol. The van der Waals surface area contributed by atoms with Crippen molar-refractivity contribution < 1.29 is 49.6 Å². The molecule has 4 rings (SSSR count). The van der Waals surface area contributed by atoms with Gasteiger partial charge in [0.15, 0.2) is 17.3 Å². The van der Waals surface area contributed by atoms with Crippen LogP contribution in [0.25, 0.3) is 6.08 Å². The topological polar surface area (TPSA) is 162 Å². The Morgan fingerprint density at radius 2 is 1.77 bits per heavy atom. The molecule has 10 heteroatoms. The van der Waals surface area contributed by atoms with Gasteiger partial charge in [0.25, 0.3) is 11.9 Å². The molecule has 7 N–H and O–H groups in total. The van der Waals surface area contributed by atoms with Crippen molar-refractivity contribution in [2.45, 2.75) is 30.7 Å². The minimum absolute atomic E-state index is 0.0765. The molecule has 5 atom stereocenters. The molecule has 1 unspecified atom stereocenters. The van der Waals surface area contributed by atoms with Gasteiger partial charge in [0.2, 0.25) is 6.29 Å². The molecule has 0 amide bonds. The second kappa shape index (κ2) is 8.16. The van der Waals surface area contributed by atoms with Gasteiger partial charge in [0, 0.05) is 12.1 Å². The SMILES string of the molecule is COc1cc(C2[OH+]c3cc(O)cc(O)c3C=C2O[C@@H]2OC[C@@H](O)[C@H](O)[C@H]2O)ccc1O. The van der Waals surface area contributed by atoms with Gasteiger partial charge >= 0.3 is 0 Å². The van der Waals surface area contributed by atoms with Crippen LogP contribution in [-0.4, -0.2) is 73.7 Å². The van der Waals surface area contributed by atoms with Crippen molar-refractivity contribution in [1.29, 1.82) is 0 Å². The number of aliphatic hydroxyl groups is 4. The van der Waals surface area contributed by atoms with Gasteiger partial charge in [-0.15, -0.1) is 0 Å². The number of hydrogen-bond donors (Lipinski definition) is 6. The summed E-state index contributed by atoms with van der Waals surface area (Å²) in [4.78, 5) is 0. The number of fused-ring (bicyclic) bond motifs is 1. The molecule has 166 valence electrons. The molecule has 0 aromatic heterocycles. The Balaban J connectivity index is 1.74. The molecule has 2 aliphatic rings. The third-order valence-electron chi connectivity index (χ3n) is 5.17. The Bertz CT molecular complexity index is 1000. The third kappa shape index (κ3) is 3.93. The van der Waals surface area contributed by atoms with Crippen molar-refractivity contribution >= 4 is 6.08 Å². The second-order valence-corrected chi connectivity index (χ2v) is 7.28. The molecular weight excluding hydrogens is 412 g/mol. The summed E-state index contributed by atoms with van der Waals surface area (Å²) in [6, 6.07) is 7.08. The molecule has 31 heavy (non-hydrogen) atoms. The molecule has 2 aromatic rings. The van der Waals surface area contributed by atoms with Crippen LogP contribution in [0.5, 0.6) is 28.7 Å². The summed E-state index contributed by atoms with van der Waals surface area (Å²) in [5, 5.41) is 59.8. The Kier molecular flexibility index (Phi) is 5.54. The lowest BCUT2D eigenvalue weighted by Crippen LogP contribution is -2.53. The van der Waals surface area contributed by atoms with Crippen LogP contribution in [0.1, 0.15) is 17.2 Å². The largest absolute Gasteiger partial charge is 0.571 e. The zero-order valence-corrected chi connectivity index (χ0v) is 16.4. The van der Waals surface area contributed by atoms with Crippen molar-refractivity contribution in [2.75, 3.05) is 13.7 Å². The number of aromatic hydroxyl groups is 4. The van der Waals surface area contributed by atoms with Crippen LogP contribution in [0.3, 0.4) is 0 Å². The first-order valence-electron chi connectivity index (χ1n) is 9.46. The summed E-state index contributed by atoms with van der Waals surface area (Å²) in [6.45, 7) is -0.249. The fourth-order valence-corrected chi connectivity index (χ4v) is 3.51. The van der Waals surface area contributed by atoms with Crippen molar-refractivity contribution in [3.63, 3.8) is 0 Å². The minimum atomic E-state index is -1.53. The number of rotatable bonds is 4. The maximum absolute atomic E-state index is 10.2. The lowest BCUT2D eigenvalue weighted by atomic mass is 10.0. The molecule has 1 saturated heterocycles. The molecule has 1 fully saturated rings. The molecular formula is C21H23O10+. The standard InChI is InChI=1S/C21H22O10/c1-28-16-4-9(2-3-12(16)23)20-17(31-21-19(27)18(26)14(25)8-29-21)7-11-13(24)5-10(22)6-15(11)30-20/h2-7,14,18-27H,8H2,1H3/p+1/t14-,18+,19-,20?,21+/m1/s1. The van der Waals surface area contributed by atoms with Crippen molar-refractivity contribution in [3.05, 3.63) is 47.2 Å². The summed E-state index contributed by atoms with van der Waals surface area (Å²) in [5.41, 5.74) is 0.820. The van der Waals surface area contributed by atoms with E-state index in [1.54, 1.807) is 12.1 Å². The maximum Gasteiger partial charge on any atom is 0.270 e. The van der Waals surface area contributed by atoms with Crippen molar-refractivity contribution in [2.24, 2.45) is 0 Å². The third-order valence-corrected chi connectivity index (χ3v) is 5.17. The number of hydrogen-bond acceptors (Lipinski definition) is 9. The smallest absolute Gasteiger partial charge is 0.270 e. The van der Waals surface area contributed by atoms with Gasteiger partial charge in [-0.1, -0.05) is 0 Å². The lowest BCUT2D eigenvalue weighted by Gasteiger charge is -2.36. The van der Waals surface area contributed by atoms with E-state index in [1.807, 2.05) is 0 Å². The maximum atomic E-state index is 10.2. The molecule has 0 spiro atoms. The summed E-state index contributed by atoms with van der Waals surface area (Å²) in [5.74, 6) is 0.165. The van der Waals surface area contributed by atoms with Crippen LogP contribution in [0.15, 0.2) is 36.1 Å². The number of phenols is 3. The van der Waals surface area contributed by atoms with E-state index >= 15 is 0 Å². The number of methoxy groups -OCH3 is 1. The Hall–Kier alpha value is -3.18. The molecule has 0 bridgehead atoms. The van der Waals surface area contributed by atoms with Gasteiger partial charge in [-0.2, -0.15) is 0 Å². The van der Waals surface area contributed by atoms with E-state index < -0.39 is 30.7 Å². The first-order valence-corrected chi connectivity index (χ1v) is 9.46. The number of aliphatic hydroxyl groups excluding tert-OH is 3. The predicted molar refractivity (Wildman–Crippen MR) is 106 cm³/mol. The summed E-state index contributed by atoms with van der Waals surface area (Å²) >= 11 is 0. The second-order valence-electron chi connectivity index (χ2n) is 7.28. The van der Waals surface area contributed by atoms with E-state index in [4.69, 9.17) is 14.2 Å². The highest BCUT2D eigenvalue weighted by molar-refractivity contribution is 5.69. The zero-order chi connectivity index (χ0) is 22.3. The quantitative estimate of drug-likeness (QED) is 0.378. The van der Waals surface area contributed by atoms with Gasteiger partial charge in [-0.05, 0) is 18.2 Å². The average Bonchev–Trinajstić information content (AvgIpc) is 2.74. The van der Waals surface area contributed by atoms with E-state index in [1.165, 1.54) is 25.3 Å². The van der Waals surface area contributed by atoms with Gasteiger partial charge in [0.1, 0.15) is 35.4 Å². The molecule has 10 nitrogen and oxygen atoms in total. The van der Waals surface area contributed by atoms with Crippen LogP contribution in [0, 0.1) is 0 Å². The summed E-state index contributed by atoms with van der Waals surface area (Å²) < 4.78 is 20.9. The first-order chi connectivity index (χ1) is 14.8. The fourth-order valence-electron chi connectivity index (χ4n) is 3.51. The van der Waals surface area contributed by atoms with Gasteiger partial charge in [-0.3, -0.25) is 0 Å². The lowest BCUT2D eigenvalue weighted by molar-refractivity contribution is -0.263. The highest BCUT2D eigenvalue weighted by Crippen LogP contribution is 2.46. The van der Waals surface area contributed by atoms with Crippen LogP contribution in [-0.2, 0) is 9.47 Å². The van der Waals surface area contributed by atoms with Crippen LogP contribution < -0.4 is 4.74 Å². The van der Waals surface area contributed by atoms with Crippen LogP contribution in [0.4, 0.5) is 0 Å². The molecule has 2 aliphatic heterocycles. The Morgan fingerprint density at radius 3 is 2.52 bits per heavy atom. The van der Waals surface area contributed by atoms with Gasteiger partial charge < -0.3 is 49.6 Å². The van der Waals surface area contributed by atoms with Crippen molar-refractivity contribution in [1.82, 2.24) is 0 Å². The van der Waals surface area contributed by atoms with E-state index in [0.29, 0.717) is 11.3 Å². The summed E-state index contributed by atoms with van der Waals surface area (Å²) in [7, 11) is 1.40. The summed E-state index contributed by atoms with van der Waals surface area (Å²) in [6.07, 6.45) is -4.90. The molecule has 0 aliphatic carbocycles. The van der Waals surface area contributed by atoms with Gasteiger partial charge in [-0.25, -0.2) is 0 Å². The van der Waals surface area contributed by atoms with Gasteiger partial charge in [0.05, 0.1) is 25.3 Å². The molecule has 2 heterocycles. The number of ether oxygens (including phenoxy) is 4. The van der Waals surface area contributed by atoms with Crippen molar-refractivity contribution in [3.8, 4) is 28.7 Å². The Morgan fingerprint density at radius 1 is 1.00 bits per heavy atom. The van der Waals surface area contributed by atoms with E-state index in [9.17, 15) is 30.6 Å².